The van der Waals surface area contributed by atoms with Crippen molar-refractivity contribution in [1.82, 2.24) is 4.98 Å². The lowest BCUT2D eigenvalue weighted by atomic mass is 10.1. The average molecular weight is 389 g/mol. The topological polar surface area (TPSA) is 65.5 Å². The van der Waals surface area contributed by atoms with E-state index in [1.54, 1.807) is 18.2 Å². The van der Waals surface area contributed by atoms with Crippen molar-refractivity contribution in [3.63, 3.8) is 0 Å². The van der Waals surface area contributed by atoms with Crippen molar-refractivity contribution >= 4 is 38.8 Å². The Labute approximate surface area is 166 Å². The van der Waals surface area contributed by atoms with Gasteiger partial charge in [-0.15, -0.1) is 11.3 Å². The lowest BCUT2D eigenvalue weighted by molar-refractivity contribution is 0.102. The Morgan fingerprint density at radius 1 is 1.00 bits per heavy atom. The van der Waals surface area contributed by atoms with Gasteiger partial charge < -0.3 is 15.3 Å². The first kappa shape index (κ1) is 18.0. The summed E-state index contributed by atoms with van der Waals surface area (Å²) in [5.74, 6) is 0.0906. The van der Waals surface area contributed by atoms with E-state index in [0.717, 1.165) is 32.2 Å². The molecule has 1 amide bonds. The van der Waals surface area contributed by atoms with Gasteiger partial charge in [-0.3, -0.25) is 4.79 Å². The standard InChI is InChI=1S/C22H19N3O2S/c1-25(2)17-9-5-14(6-10-17)21(27)23-16-7-3-15(4-8-16)22-24-19-12-11-18(26)13-20(19)28-22/h3-13,26H,1-2H3,(H,23,27). The minimum atomic E-state index is -0.145. The minimum Gasteiger partial charge on any atom is -0.508 e. The fraction of sp³-hybridized carbons (Fsp3) is 0.0909. The molecule has 0 atom stereocenters. The van der Waals surface area contributed by atoms with E-state index in [4.69, 9.17) is 0 Å². The highest BCUT2D eigenvalue weighted by Crippen LogP contribution is 2.32. The number of phenolic OH excluding ortho intramolecular Hbond substituents is 1. The van der Waals surface area contributed by atoms with Gasteiger partial charge in [-0.2, -0.15) is 0 Å². The lowest BCUT2D eigenvalue weighted by Gasteiger charge is -2.12. The number of amides is 1. The number of aromatic nitrogens is 1. The van der Waals surface area contributed by atoms with E-state index in [2.05, 4.69) is 10.3 Å². The Morgan fingerprint density at radius 2 is 1.71 bits per heavy atom. The number of benzene rings is 3. The fourth-order valence-electron chi connectivity index (χ4n) is 2.85. The molecule has 4 rings (SSSR count). The molecule has 5 nitrogen and oxygen atoms in total. The van der Waals surface area contributed by atoms with Gasteiger partial charge in [0.15, 0.2) is 0 Å². The molecule has 0 aliphatic rings. The molecule has 0 spiro atoms. The zero-order valence-electron chi connectivity index (χ0n) is 15.5. The van der Waals surface area contributed by atoms with E-state index in [1.807, 2.05) is 67.5 Å². The second kappa shape index (κ2) is 7.32. The van der Waals surface area contributed by atoms with E-state index >= 15 is 0 Å². The van der Waals surface area contributed by atoms with Crippen LogP contribution in [0.3, 0.4) is 0 Å². The molecule has 0 bridgehead atoms. The van der Waals surface area contributed by atoms with Crippen molar-refractivity contribution in [2.24, 2.45) is 0 Å². The maximum Gasteiger partial charge on any atom is 0.255 e. The molecule has 0 radical (unpaired) electrons. The van der Waals surface area contributed by atoms with Crippen LogP contribution in [0.1, 0.15) is 10.4 Å². The summed E-state index contributed by atoms with van der Waals surface area (Å²) in [6.45, 7) is 0. The molecule has 0 aliphatic heterocycles. The summed E-state index contributed by atoms with van der Waals surface area (Å²) in [4.78, 5) is 19.0. The molecule has 0 unspecified atom stereocenters. The number of fused-ring (bicyclic) bond motifs is 1. The number of nitrogens with zero attached hydrogens (tertiary/aromatic N) is 2. The minimum absolute atomic E-state index is 0.145. The second-order valence-corrected chi connectivity index (χ2v) is 7.67. The Balaban J connectivity index is 1.50. The number of hydrogen-bond acceptors (Lipinski definition) is 5. The summed E-state index contributed by atoms with van der Waals surface area (Å²) in [5, 5.41) is 13.4. The van der Waals surface area contributed by atoms with Crippen LogP contribution in [0.4, 0.5) is 11.4 Å². The zero-order valence-corrected chi connectivity index (χ0v) is 16.3. The fourth-order valence-corrected chi connectivity index (χ4v) is 3.85. The van der Waals surface area contributed by atoms with Crippen molar-refractivity contribution in [1.29, 1.82) is 0 Å². The van der Waals surface area contributed by atoms with Gasteiger partial charge in [0.1, 0.15) is 10.8 Å². The van der Waals surface area contributed by atoms with E-state index < -0.39 is 0 Å². The van der Waals surface area contributed by atoms with Crippen LogP contribution in [-0.4, -0.2) is 30.1 Å². The molecule has 1 heterocycles. The molecule has 0 aliphatic carbocycles. The van der Waals surface area contributed by atoms with Gasteiger partial charge in [0.05, 0.1) is 10.2 Å². The first-order valence-electron chi connectivity index (χ1n) is 8.78. The number of rotatable bonds is 4. The predicted octanol–water partition coefficient (Wildman–Crippen LogP) is 4.99. The molecule has 0 saturated carbocycles. The van der Waals surface area contributed by atoms with Crippen LogP contribution in [0.25, 0.3) is 20.8 Å². The summed E-state index contributed by atoms with van der Waals surface area (Å²) in [6.07, 6.45) is 0. The van der Waals surface area contributed by atoms with Gasteiger partial charge in [-0.1, -0.05) is 0 Å². The molecular formula is C22H19N3O2S. The number of phenols is 1. The van der Waals surface area contributed by atoms with Crippen LogP contribution in [0.15, 0.2) is 66.7 Å². The van der Waals surface area contributed by atoms with E-state index in [0.29, 0.717) is 5.56 Å². The third-order valence-corrected chi connectivity index (χ3v) is 5.47. The lowest BCUT2D eigenvalue weighted by Crippen LogP contribution is -2.13. The van der Waals surface area contributed by atoms with Crippen LogP contribution in [0.5, 0.6) is 5.75 Å². The highest BCUT2D eigenvalue weighted by Gasteiger charge is 2.09. The molecule has 140 valence electrons. The maximum absolute atomic E-state index is 12.4. The first-order valence-corrected chi connectivity index (χ1v) is 9.60. The number of anilines is 2. The summed E-state index contributed by atoms with van der Waals surface area (Å²) in [6, 6.07) is 20.2. The normalized spacial score (nSPS) is 10.8. The van der Waals surface area contributed by atoms with Gasteiger partial charge in [0.2, 0.25) is 0 Å². The summed E-state index contributed by atoms with van der Waals surface area (Å²) >= 11 is 1.52. The predicted molar refractivity (Wildman–Crippen MR) is 115 cm³/mol. The quantitative estimate of drug-likeness (QED) is 0.516. The van der Waals surface area contributed by atoms with Gasteiger partial charge >= 0.3 is 0 Å². The molecule has 3 aromatic carbocycles. The Bertz CT molecular complexity index is 1130. The summed E-state index contributed by atoms with van der Waals surface area (Å²) in [7, 11) is 3.93. The molecule has 0 saturated heterocycles. The van der Waals surface area contributed by atoms with E-state index in [-0.39, 0.29) is 11.7 Å². The van der Waals surface area contributed by atoms with E-state index in [1.165, 1.54) is 11.3 Å². The number of thiazole rings is 1. The zero-order chi connectivity index (χ0) is 19.7. The van der Waals surface area contributed by atoms with Crippen molar-refractivity contribution in [3.8, 4) is 16.3 Å². The third-order valence-electron chi connectivity index (χ3n) is 4.41. The van der Waals surface area contributed by atoms with Crippen molar-refractivity contribution < 1.29 is 9.90 Å². The van der Waals surface area contributed by atoms with Crippen LogP contribution in [0, 0.1) is 0 Å². The largest absolute Gasteiger partial charge is 0.508 e. The third kappa shape index (κ3) is 3.68. The van der Waals surface area contributed by atoms with Gasteiger partial charge in [-0.25, -0.2) is 4.98 Å². The number of carbonyl (C=O) groups is 1. The SMILES string of the molecule is CN(C)c1ccc(C(=O)Nc2ccc(-c3nc4ccc(O)cc4s3)cc2)cc1. The van der Waals surface area contributed by atoms with E-state index in [9.17, 15) is 9.90 Å². The first-order chi connectivity index (χ1) is 13.5. The summed E-state index contributed by atoms with van der Waals surface area (Å²) < 4.78 is 0.938. The molecule has 6 heteroatoms. The van der Waals surface area contributed by atoms with Gasteiger partial charge in [0, 0.05) is 36.6 Å². The van der Waals surface area contributed by atoms with Crippen molar-refractivity contribution in [2.45, 2.75) is 0 Å². The number of hydrogen-bond donors (Lipinski definition) is 2. The van der Waals surface area contributed by atoms with Gasteiger partial charge in [-0.05, 0) is 66.7 Å². The smallest absolute Gasteiger partial charge is 0.255 e. The molecule has 2 N–H and O–H groups in total. The Morgan fingerprint density at radius 3 is 2.39 bits per heavy atom. The monoisotopic (exact) mass is 389 g/mol. The highest BCUT2D eigenvalue weighted by atomic mass is 32.1. The molecule has 1 aromatic heterocycles. The molecule has 4 aromatic rings. The van der Waals surface area contributed by atoms with Gasteiger partial charge in [0.25, 0.3) is 5.91 Å². The molecular weight excluding hydrogens is 370 g/mol. The Hall–Kier alpha value is -3.38. The van der Waals surface area contributed by atoms with Crippen LogP contribution < -0.4 is 10.2 Å². The van der Waals surface area contributed by atoms with Crippen LogP contribution in [0.2, 0.25) is 0 Å². The van der Waals surface area contributed by atoms with Crippen molar-refractivity contribution in [2.75, 3.05) is 24.3 Å². The number of aromatic hydroxyl groups is 1. The molecule has 0 fully saturated rings. The second-order valence-electron chi connectivity index (χ2n) is 6.64. The average Bonchev–Trinajstić information content (AvgIpc) is 3.11. The molecule has 28 heavy (non-hydrogen) atoms. The Kier molecular flexibility index (Phi) is 4.71. The number of carbonyl (C=O) groups excluding carboxylic acids is 1. The highest BCUT2D eigenvalue weighted by molar-refractivity contribution is 7.21. The number of nitrogens with one attached hydrogen (secondary N) is 1. The van der Waals surface area contributed by atoms with Crippen LogP contribution >= 0.6 is 11.3 Å². The summed E-state index contributed by atoms with van der Waals surface area (Å²) in [5.41, 5.74) is 4.21. The van der Waals surface area contributed by atoms with Crippen molar-refractivity contribution in [3.05, 3.63) is 72.3 Å². The maximum atomic E-state index is 12.4. The van der Waals surface area contributed by atoms with Crippen LogP contribution in [-0.2, 0) is 0 Å².